The molecule has 0 aromatic carbocycles. The van der Waals surface area contributed by atoms with E-state index in [0.717, 1.165) is 0 Å². The van der Waals surface area contributed by atoms with Crippen LogP contribution in [0.25, 0.3) is 0 Å². The molecule has 0 aromatic rings. The lowest BCUT2D eigenvalue weighted by Crippen LogP contribution is -2.17. The number of carbonyl (C=O) groups is 8. The first kappa shape index (κ1) is 27.4. The Bertz CT molecular complexity index is 570. The molecule has 1 aliphatic carbocycles. The zero-order valence-electron chi connectivity index (χ0n) is 18.6. The van der Waals surface area contributed by atoms with Crippen LogP contribution in [0.4, 0.5) is 0 Å². The van der Waals surface area contributed by atoms with Gasteiger partial charge in [0.05, 0.1) is 0 Å². The maximum atomic E-state index is 11.9. The maximum Gasteiger partial charge on any atom is 0.198 e. The van der Waals surface area contributed by atoms with E-state index in [1.807, 2.05) is 0 Å². The summed E-state index contributed by atoms with van der Waals surface area (Å²) in [7, 11) is 0. The van der Waals surface area contributed by atoms with E-state index in [4.69, 9.17) is 0 Å². The fourth-order valence-corrected chi connectivity index (χ4v) is 3.40. The fourth-order valence-electron chi connectivity index (χ4n) is 3.40. The molecule has 32 heavy (non-hydrogen) atoms. The third-order valence-electron chi connectivity index (χ3n) is 5.47. The van der Waals surface area contributed by atoms with Crippen molar-refractivity contribution >= 4 is 46.3 Å². The SMILES string of the molecule is O=C1CCCCC(=O)C(=O)CCCCC(=O)C(=O)CCCCC(=O)C(=O)CCCCC1=O. The molecule has 1 saturated carbocycles. The summed E-state index contributed by atoms with van der Waals surface area (Å²) in [6.45, 7) is 0. The molecule has 0 spiro atoms. The van der Waals surface area contributed by atoms with Crippen LogP contribution in [0.1, 0.15) is 103 Å². The molecule has 176 valence electrons. The molecule has 0 aliphatic heterocycles. The van der Waals surface area contributed by atoms with Gasteiger partial charge in [-0.25, -0.2) is 0 Å². The summed E-state index contributed by atoms with van der Waals surface area (Å²) in [5.41, 5.74) is 0. The van der Waals surface area contributed by atoms with Crippen molar-refractivity contribution < 1.29 is 38.4 Å². The predicted molar refractivity (Wildman–Crippen MR) is 114 cm³/mol. The van der Waals surface area contributed by atoms with Gasteiger partial charge < -0.3 is 0 Å². The van der Waals surface area contributed by atoms with E-state index >= 15 is 0 Å². The lowest BCUT2D eigenvalue weighted by Gasteiger charge is -2.04. The predicted octanol–water partition coefficient (Wildman–Crippen LogP) is 2.79. The summed E-state index contributed by atoms with van der Waals surface area (Å²) in [5, 5.41) is 0. The highest BCUT2D eigenvalue weighted by molar-refractivity contribution is 6.38. The third-order valence-corrected chi connectivity index (χ3v) is 5.47. The quantitative estimate of drug-likeness (QED) is 0.516. The Morgan fingerprint density at radius 1 is 0.219 bits per heavy atom. The number of Topliss-reactive ketones (excluding diaryl/α,β-unsaturated/α-hetero) is 8. The van der Waals surface area contributed by atoms with Gasteiger partial charge in [0.2, 0.25) is 0 Å². The van der Waals surface area contributed by atoms with Crippen LogP contribution in [0.15, 0.2) is 0 Å². The van der Waals surface area contributed by atoms with Crippen molar-refractivity contribution in [1.82, 2.24) is 0 Å². The average molecular weight is 449 g/mol. The van der Waals surface area contributed by atoms with Crippen LogP contribution in [0.3, 0.4) is 0 Å². The Labute approximate surface area is 187 Å². The summed E-state index contributed by atoms with van der Waals surface area (Å²) in [5.74, 6) is -4.22. The van der Waals surface area contributed by atoms with Gasteiger partial charge in [-0.1, -0.05) is 0 Å². The molecule has 0 amide bonds. The van der Waals surface area contributed by atoms with Gasteiger partial charge in [-0.05, 0) is 51.4 Å². The number of carbonyl (C=O) groups excluding carboxylic acids is 8. The van der Waals surface area contributed by atoms with Crippen LogP contribution in [-0.2, 0) is 38.4 Å². The number of hydrogen-bond acceptors (Lipinski definition) is 8. The molecule has 1 fully saturated rings. The van der Waals surface area contributed by atoms with Crippen molar-refractivity contribution in [2.24, 2.45) is 0 Å². The Hall–Kier alpha value is -2.64. The lowest BCUT2D eigenvalue weighted by molar-refractivity contribution is -0.137. The summed E-state index contributed by atoms with van der Waals surface area (Å²) in [6, 6.07) is 0. The van der Waals surface area contributed by atoms with E-state index in [-0.39, 0.29) is 51.4 Å². The summed E-state index contributed by atoms with van der Waals surface area (Å²) >= 11 is 0. The van der Waals surface area contributed by atoms with Gasteiger partial charge in [-0.2, -0.15) is 0 Å². The molecular weight excluding hydrogens is 416 g/mol. The minimum atomic E-state index is -0.528. The van der Waals surface area contributed by atoms with Crippen LogP contribution in [0, 0.1) is 0 Å². The molecular formula is C24H32O8. The van der Waals surface area contributed by atoms with E-state index < -0.39 is 46.3 Å². The highest BCUT2D eigenvalue weighted by Crippen LogP contribution is 2.11. The molecule has 0 aromatic heterocycles. The standard InChI is InChI=1S/C24H32O8/c25-17-9-1-2-10-18(26)20(28)12-5-6-14-22(30)24(32)16-8-7-15-23(31)21(29)13-4-3-11-19(17)27/h1-16H2. The van der Waals surface area contributed by atoms with Crippen molar-refractivity contribution in [2.45, 2.75) is 103 Å². The van der Waals surface area contributed by atoms with E-state index in [1.54, 1.807) is 0 Å². The Kier molecular flexibility index (Phi) is 13.0. The largest absolute Gasteiger partial charge is 0.291 e. The first-order valence-electron chi connectivity index (χ1n) is 11.5. The van der Waals surface area contributed by atoms with Crippen molar-refractivity contribution in [3.8, 4) is 0 Å². The van der Waals surface area contributed by atoms with E-state index in [0.29, 0.717) is 51.4 Å². The Balaban J connectivity index is 2.59. The second-order valence-electron chi connectivity index (χ2n) is 8.21. The molecule has 0 heterocycles. The summed E-state index contributed by atoms with van der Waals surface area (Å²) in [6.07, 6.45) is 2.68. The van der Waals surface area contributed by atoms with Crippen molar-refractivity contribution in [1.29, 1.82) is 0 Å². The smallest absolute Gasteiger partial charge is 0.198 e. The van der Waals surface area contributed by atoms with E-state index in [2.05, 4.69) is 0 Å². The number of rotatable bonds is 0. The van der Waals surface area contributed by atoms with Crippen molar-refractivity contribution in [3.05, 3.63) is 0 Å². The van der Waals surface area contributed by atoms with Crippen LogP contribution < -0.4 is 0 Å². The van der Waals surface area contributed by atoms with Gasteiger partial charge in [0.1, 0.15) is 0 Å². The minimum Gasteiger partial charge on any atom is -0.291 e. The van der Waals surface area contributed by atoms with Gasteiger partial charge >= 0.3 is 0 Å². The monoisotopic (exact) mass is 448 g/mol. The van der Waals surface area contributed by atoms with Crippen LogP contribution in [-0.4, -0.2) is 46.3 Å². The topological polar surface area (TPSA) is 137 Å². The van der Waals surface area contributed by atoms with E-state index in [9.17, 15) is 38.4 Å². The highest BCUT2D eigenvalue weighted by atomic mass is 16.2. The molecule has 0 bridgehead atoms. The Morgan fingerprint density at radius 3 is 0.406 bits per heavy atom. The second kappa shape index (κ2) is 15.2. The highest BCUT2D eigenvalue weighted by Gasteiger charge is 2.19. The molecule has 0 unspecified atom stereocenters. The van der Waals surface area contributed by atoms with Crippen LogP contribution in [0.2, 0.25) is 0 Å². The van der Waals surface area contributed by atoms with Gasteiger partial charge in [0.25, 0.3) is 0 Å². The molecule has 0 radical (unpaired) electrons. The summed E-state index contributed by atoms with van der Waals surface area (Å²) < 4.78 is 0. The first-order chi connectivity index (χ1) is 15.2. The minimum absolute atomic E-state index is 0.00780. The van der Waals surface area contributed by atoms with Gasteiger partial charge in [0, 0.05) is 51.4 Å². The number of hydrogen-bond donors (Lipinski definition) is 0. The van der Waals surface area contributed by atoms with Crippen molar-refractivity contribution in [2.75, 3.05) is 0 Å². The van der Waals surface area contributed by atoms with E-state index in [1.165, 1.54) is 0 Å². The average Bonchev–Trinajstić information content (AvgIpc) is 2.77. The molecule has 1 rings (SSSR count). The molecule has 8 nitrogen and oxygen atoms in total. The number of ketones is 8. The van der Waals surface area contributed by atoms with Crippen LogP contribution in [0.5, 0.6) is 0 Å². The zero-order chi connectivity index (χ0) is 23.9. The molecule has 8 heteroatoms. The molecule has 0 atom stereocenters. The summed E-state index contributed by atoms with van der Waals surface area (Å²) in [4.78, 5) is 94.9. The van der Waals surface area contributed by atoms with Gasteiger partial charge in [-0.3, -0.25) is 38.4 Å². The zero-order valence-corrected chi connectivity index (χ0v) is 18.6. The second-order valence-corrected chi connectivity index (χ2v) is 8.21. The third kappa shape index (κ3) is 11.1. The normalized spacial score (nSPS) is 21.5. The molecule has 0 saturated heterocycles. The maximum absolute atomic E-state index is 11.9. The fraction of sp³-hybridized carbons (Fsp3) is 0.667. The lowest BCUT2D eigenvalue weighted by atomic mass is 9.98. The molecule has 1 aliphatic rings. The first-order valence-corrected chi connectivity index (χ1v) is 11.5. The van der Waals surface area contributed by atoms with Gasteiger partial charge in [0.15, 0.2) is 46.3 Å². The van der Waals surface area contributed by atoms with Gasteiger partial charge in [-0.15, -0.1) is 0 Å². The Morgan fingerprint density at radius 2 is 0.312 bits per heavy atom. The van der Waals surface area contributed by atoms with Crippen molar-refractivity contribution in [3.63, 3.8) is 0 Å². The molecule has 0 N–H and O–H groups in total. The van der Waals surface area contributed by atoms with Crippen LogP contribution >= 0.6 is 0 Å².